The molecule has 1 rings (SSSR count). The van der Waals surface area contributed by atoms with Crippen LogP contribution in [0.3, 0.4) is 0 Å². The lowest BCUT2D eigenvalue weighted by Gasteiger charge is -2.10. The summed E-state index contributed by atoms with van der Waals surface area (Å²) in [6.07, 6.45) is -0.163. The standard InChI is InChI=1S/C9H16N2O4/c12-7(9(14)15)5-11-8(13)3-6-1-2-10-4-6/h6-7,10,12H,1-5H2,(H,11,13)(H,14,15)/t6?,7-/m0/s1. The first-order valence-corrected chi connectivity index (χ1v) is 4.98. The highest BCUT2D eigenvalue weighted by Gasteiger charge is 2.19. The molecule has 0 saturated carbocycles. The molecule has 1 unspecified atom stereocenters. The zero-order valence-electron chi connectivity index (χ0n) is 8.40. The molecule has 1 fully saturated rings. The Morgan fingerprint density at radius 3 is 2.80 bits per heavy atom. The molecule has 1 saturated heterocycles. The van der Waals surface area contributed by atoms with E-state index in [1.165, 1.54) is 0 Å². The smallest absolute Gasteiger partial charge is 0.334 e. The highest BCUT2D eigenvalue weighted by atomic mass is 16.4. The fourth-order valence-corrected chi connectivity index (χ4v) is 1.52. The molecule has 0 aromatic rings. The van der Waals surface area contributed by atoms with E-state index in [0.717, 1.165) is 19.5 Å². The topological polar surface area (TPSA) is 98.7 Å². The molecule has 1 aliphatic rings. The van der Waals surface area contributed by atoms with Crippen LogP contribution in [0.5, 0.6) is 0 Å². The first-order chi connectivity index (χ1) is 7.09. The Morgan fingerprint density at radius 1 is 1.53 bits per heavy atom. The van der Waals surface area contributed by atoms with Crippen LogP contribution in [0.1, 0.15) is 12.8 Å². The number of carbonyl (C=O) groups excluding carboxylic acids is 1. The maximum atomic E-state index is 11.3. The van der Waals surface area contributed by atoms with Crippen molar-refractivity contribution in [1.29, 1.82) is 0 Å². The van der Waals surface area contributed by atoms with Crippen molar-refractivity contribution in [2.45, 2.75) is 18.9 Å². The van der Waals surface area contributed by atoms with Gasteiger partial charge in [-0.15, -0.1) is 0 Å². The number of aliphatic hydroxyl groups excluding tert-OH is 1. The SMILES string of the molecule is O=C(CC1CCNC1)NC[C@H](O)C(=O)O. The number of hydrogen-bond donors (Lipinski definition) is 4. The summed E-state index contributed by atoms with van der Waals surface area (Å²) in [6.45, 7) is 1.53. The number of carboxylic acids is 1. The van der Waals surface area contributed by atoms with Gasteiger partial charge in [-0.05, 0) is 25.4 Å². The third-order valence-electron chi connectivity index (χ3n) is 2.41. The lowest BCUT2D eigenvalue weighted by Crippen LogP contribution is -2.37. The van der Waals surface area contributed by atoms with E-state index in [0.29, 0.717) is 12.3 Å². The van der Waals surface area contributed by atoms with Crippen LogP contribution in [0.25, 0.3) is 0 Å². The van der Waals surface area contributed by atoms with Crippen LogP contribution in [-0.4, -0.2) is 47.8 Å². The summed E-state index contributed by atoms with van der Waals surface area (Å²) in [7, 11) is 0. The van der Waals surface area contributed by atoms with Gasteiger partial charge in [0.15, 0.2) is 6.10 Å². The Morgan fingerprint density at radius 2 is 2.27 bits per heavy atom. The monoisotopic (exact) mass is 216 g/mol. The summed E-state index contributed by atoms with van der Waals surface area (Å²) in [5, 5.41) is 22.8. The van der Waals surface area contributed by atoms with E-state index in [1.807, 2.05) is 0 Å². The third kappa shape index (κ3) is 4.26. The van der Waals surface area contributed by atoms with Gasteiger partial charge in [0, 0.05) is 6.42 Å². The van der Waals surface area contributed by atoms with Gasteiger partial charge in [0.1, 0.15) is 0 Å². The largest absolute Gasteiger partial charge is 0.479 e. The Bertz CT molecular complexity index is 238. The zero-order valence-corrected chi connectivity index (χ0v) is 8.40. The van der Waals surface area contributed by atoms with Gasteiger partial charge in [-0.3, -0.25) is 4.79 Å². The second-order valence-corrected chi connectivity index (χ2v) is 3.72. The second kappa shape index (κ2) is 5.67. The summed E-state index contributed by atoms with van der Waals surface area (Å²) in [6, 6.07) is 0. The van der Waals surface area contributed by atoms with Gasteiger partial charge in [-0.25, -0.2) is 4.79 Å². The number of aliphatic carboxylic acids is 1. The molecule has 1 aliphatic heterocycles. The maximum Gasteiger partial charge on any atom is 0.334 e. The van der Waals surface area contributed by atoms with Crippen LogP contribution < -0.4 is 10.6 Å². The third-order valence-corrected chi connectivity index (χ3v) is 2.41. The van der Waals surface area contributed by atoms with Gasteiger partial charge < -0.3 is 20.8 Å². The molecule has 0 aliphatic carbocycles. The zero-order chi connectivity index (χ0) is 11.3. The number of hydrogen-bond acceptors (Lipinski definition) is 4. The Labute approximate surface area is 87.7 Å². The quantitative estimate of drug-likeness (QED) is 0.450. The summed E-state index contributed by atoms with van der Waals surface area (Å²) >= 11 is 0. The summed E-state index contributed by atoms with van der Waals surface area (Å²) in [5.74, 6) is -1.20. The minimum absolute atomic E-state index is 0.205. The molecule has 6 nitrogen and oxygen atoms in total. The molecule has 15 heavy (non-hydrogen) atoms. The molecule has 0 aromatic heterocycles. The van der Waals surface area contributed by atoms with Crippen molar-refractivity contribution in [3.63, 3.8) is 0 Å². The normalized spacial score (nSPS) is 22.3. The minimum Gasteiger partial charge on any atom is -0.479 e. The Kier molecular flexibility index (Phi) is 4.51. The molecule has 6 heteroatoms. The highest BCUT2D eigenvalue weighted by Crippen LogP contribution is 2.11. The molecule has 0 spiro atoms. The summed E-state index contributed by atoms with van der Waals surface area (Å²) in [5.41, 5.74) is 0. The fourth-order valence-electron chi connectivity index (χ4n) is 1.52. The van der Waals surface area contributed by atoms with Crippen LogP contribution >= 0.6 is 0 Å². The lowest BCUT2D eigenvalue weighted by molar-refractivity contribution is -0.146. The minimum atomic E-state index is -1.52. The number of nitrogens with one attached hydrogen (secondary N) is 2. The van der Waals surface area contributed by atoms with E-state index in [4.69, 9.17) is 10.2 Å². The van der Waals surface area contributed by atoms with Crippen LogP contribution in [-0.2, 0) is 9.59 Å². The fraction of sp³-hybridized carbons (Fsp3) is 0.778. The number of amides is 1. The van der Waals surface area contributed by atoms with E-state index in [-0.39, 0.29) is 12.5 Å². The van der Waals surface area contributed by atoms with Crippen molar-refractivity contribution in [2.75, 3.05) is 19.6 Å². The first-order valence-electron chi connectivity index (χ1n) is 4.98. The number of aliphatic hydroxyl groups is 1. The Hall–Kier alpha value is -1.14. The van der Waals surface area contributed by atoms with Crippen molar-refractivity contribution in [1.82, 2.24) is 10.6 Å². The molecule has 4 N–H and O–H groups in total. The first kappa shape index (κ1) is 11.9. The molecule has 2 atom stereocenters. The van der Waals surface area contributed by atoms with E-state index in [1.54, 1.807) is 0 Å². The molecule has 0 aromatic carbocycles. The molecular weight excluding hydrogens is 200 g/mol. The molecule has 0 radical (unpaired) electrons. The molecule has 86 valence electrons. The van der Waals surface area contributed by atoms with Crippen LogP contribution in [0.4, 0.5) is 0 Å². The van der Waals surface area contributed by atoms with Gasteiger partial charge in [0.2, 0.25) is 5.91 Å². The second-order valence-electron chi connectivity index (χ2n) is 3.72. The van der Waals surface area contributed by atoms with E-state index < -0.39 is 12.1 Å². The van der Waals surface area contributed by atoms with Crippen molar-refractivity contribution < 1.29 is 19.8 Å². The molecule has 0 bridgehead atoms. The van der Waals surface area contributed by atoms with Crippen molar-refractivity contribution in [3.8, 4) is 0 Å². The van der Waals surface area contributed by atoms with Gasteiger partial charge in [-0.1, -0.05) is 0 Å². The summed E-state index contributed by atoms with van der Waals surface area (Å²) < 4.78 is 0. The van der Waals surface area contributed by atoms with E-state index in [9.17, 15) is 9.59 Å². The van der Waals surface area contributed by atoms with Crippen LogP contribution in [0.2, 0.25) is 0 Å². The molecule has 1 heterocycles. The van der Waals surface area contributed by atoms with Gasteiger partial charge in [0.25, 0.3) is 0 Å². The van der Waals surface area contributed by atoms with Crippen LogP contribution in [0.15, 0.2) is 0 Å². The van der Waals surface area contributed by atoms with Gasteiger partial charge in [-0.2, -0.15) is 0 Å². The van der Waals surface area contributed by atoms with Gasteiger partial charge in [0.05, 0.1) is 6.54 Å². The predicted octanol–water partition coefficient (Wildman–Crippen LogP) is -1.45. The molecule has 1 amide bonds. The molecular formula is C9H16N2O4. The van der Waals surface area contributed by atoms with E-state index >= 15 is 0 Å². The number of rotatable bonds is 5. The lowest BCUT2D eigenvalue weighted by atomic mass is 10.0. The van der Waals surface area contributed by atoms with Crippen molar-refractivity contribution in [2.24, 2.45) is 5.92 Å². The van der Waals surface area contributed by atoms with Crippen molar-refractivity contribution in [3.05, 3.63) is 0 Å². The average molecular weight is 216 g/mol. The number of carbonyl (C=O) groups is 2. The van der Waals surface area contributed by atoms with E-state index in [2.05, 4.69) is 10.6 Å². The summed E-state index contributed by atoms with van der Waals surface area (Å²) in [4.78, 5) is 21.5. The number of carboxylic acid groups (broad SMARTS) is 1. The van der Waals surface area contributed by atoms with Crippen molar-refractivity contribution >= 4 is 11.9 Å². The van der Waals surface area contributed by atoms with Gasteiger partial charge >= 0.3 is 5.97 Å². The predicted molar refractivity (Wildman–Crippen MR) is 52.2 cm³/mol. The van der Waals surface area contributed by atoms with Crippen LogP contribution in [0, 0.1) is 5.92 Å². The maximum absolute atomic E-state index is 11.3. The Balaban J connectivity index is 2.15. The highest BCUT2D eigenvalue weighted by molar-refractivity contribution is 5.78. The average Bonchev–Trinajstić information content (AvgIpc) is 2.66.